The van der Waals surface area contributed by atoms with Crippen molar-refractivity contribution in [1.29, 1.82) is 0 Å². The van der Waals surface area contributed by atoms with Gasteiger partial charge < -0.3 is 8.98 Å². The van der Waals surface area contributed by atoms with E-state index in [1.54, 1.807) is 0 Å². The third-order valence-electron chi connectivity index (χ3n) is 7.93. The Labute approximate surface area is 222 Å². The first kappa shape index (κ1) is 20.7. The van der Waals surface area contributed by atoms with Crippen molar-refractivity contribution in [3.63, 3.8) is 0 Å². The predicted octanol–water partition coefficient (Wildman–Crippen LogP) is 9.18. The van der Waals surface area contributed by atoms with Crippen LogP contribution in [0.15, 0.2) is 132 Å². The summed E-state index contributed by atoms with van der Waals surface area (Å²) in [5.74, 6) is 0. The number of fused-ring (bicyclic) bond motifs is 9. The van der Waals surface area contributed by atoms with E-state index in [9.17, 15) is 0 Å². The van der Waals surface area contributed by atoms with Gasteiger partial charge in [-0.3, -0.25) is 4.57 Å². The highest BCUT2D eigenvalue weighted by molar-refractivity contribution is 6.15. The normalized spacial score (nSPS) is 12.1. The molecule has 0 aliphatic carbocycles. The van der Waals surface area contributed by atoms with Crippen molar-refractivity contribution in [2.45, 2.75) is 0 Å². The Hall–Kier alpha value is -5.35. The molecule has 182 valence electrons. The minimum absolute atomic E-state index is 0.662. The molecule has 4 heterocycles. The topological polar surface area (TPSA) is 35.9 Å². The lowest BCUT2D eigenvalue weighted by Gasteiger charge is -2.10. The van der Waals surface area contributed by atoms with Crippen molar-refractivity contribution in [2.75, 3.05) is 0 Å². The van der Waals surface area contributed by atoms with Gasteiger partial charge in [-0.1, -0.05) is 72.8 Å². The quantitative estimate of drug-likeness (QED) is 0.238. The van der Waals surface area contributed by atoms with E-state index < -0.39 is 0 Å². The summed E-state index contributed by atoms with van der Waals surface area (Å²) in [5, 5.41) is 6.88. The van der Waals surface area contributed by atoms with E-state index in [1.165, 1.54) is 27.2 Å². The number of furan rings is 1. The average molecular weight is 500 g/mol. The van der Waals surface area contributed by atoms with Gasteiger partial charge in [-0.05, 0) is 54.6 Å². The summed E-state index contributed by atoms with van der Waals surface area (Å²) >= 11 is 0. The molecule has 0 atom stereocenters. The average Bonchev–Trinajstić information content (AvgIpc) is 3.63. The van der Waals surface area contributed by atoms with E-state index >= 15 is 0 Å². The minimum atomic E-state index is 0.662. The Bertz CT molecular complexity index is 2390. The minimum Gasteiger partial charge on any atom is -0.438 e. The second-order valence-electron chi connectivity index (χ2n) is 10.1. The van der Waals surface area contributed by atoms with Crippen LogP contribution in [-0.2, 0) is 0 Å². The number of hydrogen-bond donors (Lipinski definition) is 0. The summed E-state index contributed by atoms with van der Waals surface area (Å²) in [6.07, 6.45) is 0. The summed E-state index contributed by atoms with van der Waals surface area (Å²) in [7, 11) is 0. The van der Waals surface area contributed by atoms with Crippen molar-refractivity contribution in [3.8, 4) is 11.4 Å². The molecule has 0 unspecified atom stereocenters. The molecule has 0 saturated heterocycles. The van der Waals surface area contributed by atoms with E-state index in [4.69, 9.17) is 9.40 Å². The zero-order valence-electron chi connectivity index (χ0n) is 20.9. The highest BCUT2D eigenvalue weighted by Gasteiger charge is 2.19. The molecule has 0 radical (unpaired) electrons. The number of aromatic nitrogens is 3. The van der Waals surface area contributed by atoms with Crippen LogP contribution in [0.2, 0.25) is 0 Å². The first-order valence-corrected chi connectivity index (χ1v) is 13.2. The first-order valence-electron chi connectivity index (χ1n) is 13.2. The molecular weight excluding hydrogens is 478 g/mol. The van der Waals surface area contributed by atoms with Gasteiger partial charge in [0, 0.05) is 43.7 Å². The van der Waals surface area contributed by atoms with E-state index in [0.717, 1.165) is 44.3 Å². The number of rotatable bonds is 2. The van der Waals surface area contributed by atoms with Gasteiger partial charge in [-0.25, -0.2) is 0 Å². The van der Waals surface area contributed by atoms with Gasteiger partial charge >= 0.3 is 0 Å². The van der Waals surface area contributed by atoms with Gasteiger partial charge in [0.05, 0.1) is 16.6 Å². The summed E-state index contributed by atoms with van der Waals surface area (Å²) < 4.78 is 10.8. The molecule has 5 aromatic carbocycles. The fraction of sp³-hybridized carbons (Fsp3) is 0. The molecule has 0 aliphatic rings. The molecule has 0 N–H and O–H groups in total. The Morgan fingerprint density at radius 1 is 0.436 bits per heavy atom. The number of hydrogen-bond acceptors (Lipinski definition) is 2. The molecule has 9 aromatic rings. The van der Waals surface area contributed by atoms with Crippen LogP contribution in [0.3, 0.4) is 0 Å². The molecule has 0 bridgehead atoms. The van der Waals surface area contributed by atoms with Gasteiger partial charge in [0.1, 0.15) is 11.2 Å². The van der Waals surface area contributed by atoms with Crippen LogP contribution in [-0.4, -0.2) is 14.1 Å². The van der Waals surface area contributed by atoms with Crippen molar-refractivity contribution in [3.05, 3.63) is 127 Å². The number of benzene rings is 5. The lowest BCUT2D eigenvalue weighted by Crippen LogP contribution is -1.96. The molecule has 0 amide bonds. The summed E-state index contributed by atoms with van der Waals surface area (Å²) in [6, 6.07) is 44.9. The Morgan fingerprint density at radius 2 is 1.08 bits per heavy atom. The van der Waals surface area contributed by atoms with Crippen LogP contribution in [0.5, 0.6) is 0 Å². The summed E-state index contributed by atoms with van der Waals surface area (Å²) in [5.41, 5.74) is 8.15. The van der Waals surface area contributed by atoms with Crippen LogP contribution in [0.25, 0.3) is 77.2 Å². The zero-order chi connectivity index (χ0) is 25.5. The highest BCUT2D eigenvalue weighted by atomic mass is 16.3. The molecule has 0 aliphatic heterocycles. The third-order valence-corrected chi connectivity index (χ3v) is 7.93. The molecule has 0 spiro atoms. The first-order chi connectivity index (χ1) is 19.3. The van der Waals surface area contributed by atoms with Crippen LogP contribution < -0.4 is 0 Å². The number of para-hydroxylation sites is 4. The number of pyridine rings is 1. The molecular formula is C35H21N3O. The largest absolute Gasteiger partial charge is 0.438 e. The molecule has 9 rings (SSSR count). The van der Waals surface area contributed by atoms with Gasteiger partial charge in [-0.15, -0.1) is 0 Å². The van der Waals surface area contributed by atoms with Gasteiger partial charge in [-0.2, -0.15) is 4.98 Å². The molecule has 4 heteroatoms. The van der Waals surface area contributed by atoms with E-state index in [2.05, 4.69) is 118 Å². The monoisotopic (exact) mass is 499 g/mol. The number of nitrogens with zero attached hydrogens (tertiary/aromatic N) is 3. The Balaban J connectivity index is 1.39. The maximum Gasteiger partial charge on any atom is 0.229 e. The lowest BCUT2D eigenvalue weighted by atomic mass is 10.1. The standard InChI is InChI=1S/C35H21N3O/c1-2-10-22(11-3-1)37-30-15-7-4-12-24(30)27-20-23(18-19-32(27)37)38-31-16-8-5-13-25(31)28-21-29-26-14-6-9-17-33(26)39-35(29)36-34(28)38/h1-21H. The third kappa shape index (κ3) is 2.80. The predicted molar refractivity (Wildman–Crippen MR) is 160 cm³/mol. The van der Waals surface area contributed by atoms with Crippen molar-refractivity contribution >= 4 is 65.8 Å². The van der Waals surface area contributed by atoms with Gasteiger partial charge in [0.25, 0.3) is 0 Å². The fourth-order valence-electron chi connectivity index (χ4n) is 6.24. The van der Waals surface area contributed by atoms with Crippen molar-refractivity contribution in [2.24, 2.45) is 0 Å². The van der Waals surface area contributed by atoms with Crippen LogP contribution >= 0.6 is 0 Å². The highest BCUT2D eigenvalue weighted by Crippen LogP contribution is 2.38. The zero-order valence-corrected chi connectivity index (χ0v) is 20.9. The maximum atomic E-state index is 6.20. The van der Waals surface area contributed by atoms with Gasteiger partial charge in [0.15, 0.2) is 0 Å². The van der Waals surface area contributed by atoms with E-state index in [0.29, 0.717) is 5.71 Å². The van der Waals surface area contributed by atoms with Crippen molar-refractivity contribution in [1.82, 2.24) is 14.1 Å². The Kier molecular flexibility index (Phi) is 4.02. The van der Waals surface area contributed by atoms with E-state index in [1.807, 2.05) is 18.2 Å². The molecule has 4 nitrogen and oxygen atoms in total. The maximum absolute atomic E-state index is 6.20. The fourth-order valence-corrected chi connectivity index (χ4v) is 6.24. The lowest BCUT2D eigenvalue weighted by molar-refractivity contribution is 0.655. The molecule has 4 aromatic heterocycles. The second-order valence-corrected chi connectivity index (χ2v) is 10.1. The van der Waals surface area contributed by atoms with Gasteiger partial charge in [0.2, 0.25) is 5.71 Å². The van der Waals surface area contributed by atoms with E-state index in [-0.39, 0.29) is 0 Å². The smallest absolute Gasteiger partial charge is 0.229 e. The summed E-state index contributed by atoms with van der Waals surface area (Å²) in [6.45, 7) is 0. The van der Waals surface area contributed by atoms with Crippen LogP contribution in [0.4, 0.5) is 0 Å². The molecule has 0 saturated carbocycles. The van der Waals surface area contributed by atoms with Crippen LogP contribution in [0, 0.1) is 0 Å². The van der Waals surface area contributed by atoms with Crippen molar-refractivity contribution < 1.29 is 4.42 Å². The SMILES string of the molecule is c1ccc(-n2c3ccccc3c3cc(-n4c5ccccc5c5cc6c(nc54)oc4ccccc46)ccc32)cc1. The Morgan fingerprint density at radius 3 is 1.90 bits per heavy atom. The second kappa shape index (κ2) is 7.59. The summed E-state index contributed by atoms with van der Waals surface area (Å²) in [4.78, 5) is 5.11. The molecule has 39 heavy (non-hydrogen) atoms. The van der Waals surface area contributed by atoms with Crippen LogP contribution in [0.1, 0.15) is 0 Å². The molecule has 0 fully saturated rings.